The molecule has 1 aromatic heterocycles. The minimum Gasteiger partial charge on any atom is -0.431 e. The van der Waals surface area contributed by atoms with Crippen molar-refractivity contribution in [1.29, 1.82) is 0 Å². The lowest BCUT2D eigenvalue weighted by Gasteiger charge is -2.63. The number of phosphoric acid groups is 1. The van der Waals surface area contributed by atoms with Gasteiger partial charge in [0.25, 0.3) is 0 Å². The van der Waals surface area contributed by atoms with Crippen molar-refractivity contribution >= 4 is 7.82 Å². The average molecular weight is 467 g/mol. The fraction of sp³-hybridized carbons (Fsp3) is 0.792. The topological polar surface area (TPSA) is 117 Å². The molecule has 3 N–H and O–H groups in total. The second-order valence-electron chi connectivity index (χ2n) is 11.3. The van der Waals surface area contributed by atoms with Crippen molar-refractivity contribution in [3.63, 3.8) is 0 Å². The van der Waals surface area contributed by atoms with Gasteiger partial charge in [0.2, 0.25) is 0 Å². The number of hydrogen-bond donors (Lipinski definition) is 3. The summed E-state index contributed by atoms with van der Waals surface area (Å²) in [5, 5.41) is 12.2. The van der Waals surface area contributed by atoms with Crippen LogP contribution in [0.15, 0.2) is 27.6 Å². The van der Waals surface area contributed by atoms with Crippen LogP contribution in [0, 0.1) is 28.6 Å². The van der Waals surface area contributed by atoms with Crippen molar-refractivity contribution < 1.29 is 28.4 Å². The lowest BCUT2D eigenvalue weighted by molar-refractivity contribution is -0.205. The molecule has 8 atom stereocenters. The zero-order valence-electron chi connectivity index (χ0n) is 18.9. The van der Waals surface area contributed by atoms with Crippen LogP contribution in [0.3, 0.4) is 0 Å². The zero-order chi connectivity index (χ0) is 22.9. The average Bonchev–Trinajstić information content (AvgIpc) is 2.99. The van der Waals surface area contributed by atoms with E-state index in [9.17, 15) is 24.3 Å². The molecule has 4 aliphatic carbocycles. The van der Waals surface area contributed by atoms with Crippen molar-refractivity contribution in [2.24, 2.45) is 28.6 Å². The third-order valence-electron chi connectivity index (χ3n) is 10.2. The van der Waals surface area contributed by atoms with E-state index in [4.69, 9.17) is 8.94 Å². The lowest BCUT2D eigenvalue weighted by atomic mass is 9.43. The van der Waals surface area contributed by atoms with E-state index in [0.29, 0.717) is 24.7 Å². The summed E-state index contributed by atoms with van der Waals surface area (Å²) in [5.74, 6) is 1.17. The molecule has 7 nitrogen and oxygen atoms in total. The molecule has 0 amide bonds. The fourth-order valence-electron chi connectivity index (χ4n) is 8.58. The van der Waals surface area contributed by atoms with Gasteiger partial charge in [-0.25, -0.2) is 9.36 Å². The summed E-state index contributed by atoms with van der Waals surface area (Å²) in [6.07, 6.45) is 8.95. The van der Waals surface area contributed by atoms with Crippen LogP contribution in [-0.4, -0.2) is 26.6 Å². The molecule has 0 saturated heterocycles. The molecule has 4 saturated carbocycles. The molecule has 5 rings (SSSR count). The van der Waals surface area contributed by atoms with Crippen LogP contribution in [0.25, 0.3) is 0 Å². The van der Waals surface area contributed by atoms with Crippen molar-refractivity contribution in [3.05, 3.63) is 34.4 Å². The number of rotatable bonds is 3. The van der Waals surface area contributed by atoms with E-state index in [2.05, 4.69) is 13.8 Å². The number of fused-ring (bicyclic) bond motifs is 5. The SMILES string of the molecule is CC12CCC(OP(=O)(O)O)CC1CCC1C2CCC2(C)C(c3ccc(=O)oc3)CCC12O. The Morgan fingerprint density at radius 3 is 2.50 bits per heavy atom. The Morgan fingerprint density at radius 1 is 1.03 bits per heavy atom. The highest BCUT2D eigenvalue weighted by molar-refractivity contribution is 7.46. The molecule has 8 heteroatoms. The smallest absolute Gasteiger partial charge is 0.431 e. The lowest BCUT2D eigenvalue weighted by Crippen LogP contribution is -2.62. The van der Waals surface area contributed by atoms with Gasteiger partial charge < -0.3 is 19.3 Å². The first-order chi connectivity index (χ1) is 15.0. The summed E-state index contributed by atoms with van der Waals surface area (Å²) < 4.78 is 21.6. The number of phosphoric ester groups is 1. The van der Waals surface area contributed by atoms with Gasteiger partial charge in [0.15, 0.2) is 0 Å². The Hall–Kier alpha value is -0.980. The van der Waals surface area contributed by atoms with Gasteiger partial charge in [0.05, 0.1) is 18.0 Å². The standard InChI is InChI=1S/C24H35O7P/c1-22-10-7-17(31-32(27,28)29)13-16(22)4-5-20-19(22)8-11-23(2)18(9-12-24(20,23)26)15-3-6-21(25)30-14-15/h3,6,14,16-20,26H,4-5,7-13H2,1-2H3,(H2,27,28,29). The first-order valence-electron chi connectivity index (χ1n) is 12.0. The van der Waals surface area contributed by atoms with Gasteiger partial charge in [0, 0.05) is 11.5 Å². The summed E-state index contributed by atoms with van der Waals surface area (Å²) >= 11 is 0. The van der Waals surface area contributed by atoms with Gasteiger partial charge in [-0.2, -0.15) is 0 Å². The van der Waals surface area contributed by atoms with Crippen molar-refractivity contribution in [2.75, 3.05) is 0 Å². The van der Waals surface area contributed by atoms with E-state index < -0.39 is 13.4 Å². The van der Waals surface area contributed by atoms with Gasteiger partial charge in [0.1, 0.15) is 0 Å². The summed E-state index contributed by atoms with van der Waals surface area (Å²) in [7, 11) is -4.47. The van der Waals surface area contributed by atoms with Crippen LogP contribution >= 0.6 is 7.82 Å². The summed E-state index contributed by atoms with van der Waals surface area (Å²) in [6.45, 7) is 4.57. The normalized spacial score (nSPS) is 46.2. The van der Waals surface area contributed by atoms with E-state index in [1.54, 1.807) is 6.26 Å². The third kappa shape index (κ3) is 3.39. The highest BCUT2D eigenvalue weighted by Gasteiger charge is 2.67. The van der Waals surface area contributed by atoms with E-state index in [0.717, 1.165) is 50.5 Å². The molecule has 32 heavy (non-hydrogen) atoms. The quantitative estimate of drug-likeness (QED) is 0.567. The Kier molecular flexibility index (Phi) is 5.35. The maximum atomic E-state index is 12.2. The Balaban J connectivity index is 1.40. The van der Waals surface area contributed by atoms with Gasteiger partial charge in [-0.15, -0.1) is 0 Å². The molecule has 1 aromatic rings. The highest BCUT2D eigenvalue weighted by atomic mass is 31.2. The van der Waals surface area contributed by atoms with E-state index in [1.807, 2.05) is 6.07 Å². The van der Waals surface area contributed by atoms with Crippen molar-refractivity contribution in [2.45, 2.75) is 89.3 Å². The fourth-order valence-corrected chi connectivity index (χ4v) is 9.16. The molecular weight excluding hydrogens is 431 g/mol. The van der Waals surface area contributed by atoms with Gasteiger partial charge in [-0.05, 0) is 98.5 Å². The Labute approximate surface area is 188 Å². The molecule has 8 unspecified atom stereocenters. The van der Waals surface area contributed by atoms with Gasteiger partial charge in [-0.1, -0.05) is 13.8 Å². The highest BCUT2D eigenvalue weighted by Crippen LogP contribution is 2.70. The summed E-state index contributed by atoms with van der Waals surface area (Å²) in [5.41, 5.74) is -0.272. The first kappa shape index (κ1) is 22.8. The molecule has 4 fully saturated rings. The van der Waals surface area contributed by atoms with E-state index >= 15 is 0 Å². The molecule has 4 aliphatic rings. The predicted octanol–water partition coefficient (Wildman–Crippen LogP) is 4.36. The maximum absolute atomic E-state index is 12.2. The van der Waals surface area contributed by atoms with Gasteiger partial charge >= 0.3 is 13.4 Å². The molecule has 0 bridgehead atoms. The third-order valence-corrected chi connectivity index (χ3v) is 10.8. The summed E-state index contributed by atoms with van der Waals surface area (Å²) in [6, 6.07) is 3.34. The summed E-state index contributed by atoms with van der Waals surface area (Å²) in [4.78, 5) is 29.9. The minimum atomic E-state index is -4.47. The molecule has 0 radical (unpaired) electrons. The zero-order valence-corrected chi connectivity index (χ0v) is 19.8. The van der Waals surface area contributed by atoms with Crippen LogP contribution in [0.5, 0.6) is 0 Å². The van der Waals surface area contributed by atoms with E-state index in [1.165, 1.54) is 6.07 Å². The number of hydrogen-bond acceptors (Lipinski definition) is 5. The van der Waals surface area contributed by atoms with Crippen molar-refractivity contribution in [3.8, 4) is 0 Å². The van der Waals surface area contributed by atoms with Crippen LogP contribution in [0.2, 0.25) is 0 Å². The molecule has 0 aliphatic heterocycles. The van der Waals surface area contributed by atoms with E-state index in [-0.39, 0.29) is 34.4 Å². The number of aliphatic hydroxyl groups is 1. The molecule has 1 heterocycles. The molecule has 178 valence electrons. The Bertz CT molecular complexity index is 966. The molecule has 0 aromatic carbocycles. The van der Waals surface area contributed by atoms with Crippen LogP contribution < -0.4 is 5.63 Å². The van der Waals surface area contributed by atoms with Crippen molar-refractivity contribution in [1.82, 2.24) is 0 Å². The van der Waals surface area contributed by atoms with Crippen LogP contribution in [0.1, 0.15) is 83.1 Å². The second-order valence-corrected chi connectivity index (χ2v) is 12.5. The monoisotopic (exact) mass is 466 g/mol. The second kappa shape index (κ2) is 7.51. The first-order valence-corrected chi connectivity index (χ1v) is 13.5. The molecule has 0 spiro atoms. The largest absolute Gasteiger partial charge is 0.469 e. The predicted molar refractivity (Wildman–Crippen MR) is 118 cm³/mol. The minimum absolute atomic E-state index is 0.0619. The van der Waals surface area contributed by atoms with Gasteiger partial charge in [-0.3, -0.25) is 4.52 Å². The Morgan fingerprint density at radius 2 is 1.81 bits per heavy atom. The maximum Gasteiger partial charge on any atom is 0.469 e. The van der Waals surface area contributed by atoms with Crippen LogP contribution in [-0.2, 0) is 9.09 Å². The molecular formula is C24H35O7P. The van der Waals surface area contributed by atoms with Crippen LogP contribution in [0.4, 0.5) is 0 Å².